The van der Waals surface area contributed by atoms with Gasteiger partial charge in [0.2, 0.25) is 5.91 Å². The number of carbonyl (C=O) groups is 1. The highest BCUT2D eigenvalue weighted by atomic mass is 35.5. The molecule has 0 aliphatic rings. The Labute approximate surface area is 179 Å². The maximum absolute atomic E-state index is 12.4. The Kier molecular flexibility index (Phi) is 7.55. The van der Waals surface area contributed by atoms with Crippen LogP contribution in [0.3, 0.4) is 0 Å². The highest BCUT2D eigenvalue weighted by molar-refractivity contribution is 7.99. The van der Waals surface area contributed by atoms with Crippen molar-refractivity contribution in [3.05, 3.63) is 64.9 Å². The van der Waals surface area contributed by atoms with Gasteiger partial charge in [-0.3, -0.25) is 4.79 Å². The number of rotatable bonds is 9. The Morgan fingerprint density at radius 1 is 1.17 bits per heavy atom. The molecule has 152 valence electrons. The second-order valence-corrected chi connectivity index (χ2v) is 7.69. The average molecular weight is 431 g/mol. The van der Waals surface area contributed by atoms with Gasteiger partial charge in [-0.05, 0) is 37.1 Å². The molecule has 0 radical (unpaired) electrons. The fourth-order valence-corrected chi connectivity index (χ4v) is 3.92. The van der Waals surface area contributed by atoms with E-state index in [9.17, 15) is 4.79 Å². The van der Waals surface area contributed by atoms with Crippen LogP contribution >= 0.6 is 23.4 Å². The smallest absolute Gasteiger partial charge is 0.234 e. The summed E-state index contributed by atoms with van der Waals surface area (Å²) >= 11 is 7.38. The summed E-state index contributed by atoms with van der Waals surface area (Å²) < 4.78 is 7.32. The van der Waals surface area contributed by atoms with Crippen molar-refractivity contribution in [2.75, 3.05) is 18.2 Å². The van der Waals surface area contributed by atoms with Crippen LogP contribution < -0.4 is 10.1 Å². The molecular weight excluding hydrogens is 408 g/mol. The van der Waals surface area contributed by atoms with Gasteiger partial charge >= 0.3 is 0 Å². The largest absolute Gasteiger partial charge is 0.495 e. The summed E-state index contributed by atoms with van der Waals surface area (Å²) in [7, 11) is 1.55. The van der Waals surface area contributed by atoms with Gasteiger partial charge < -0.3 is 14.6 Å². The first-order chi connectivity index (χ1) is 14.1. The number of nitrogens with zero attached hydrogens (tertiary/aromatic N) is 3. The van der Waals surface area contributed by atoms with Crippen LogP contribution in [-0.4, -0.2) is 33.5 Å². The van der Waals surface area contributed by atoms with Gasteiger partial charge in [-0.2, -0.15) is 0 Å². The van der Waals surface area contributed by atoms with E-state index in [1.807, 2.05) is 18.2 Å². The van der Waals surface area contributed by atoms with Gasteiger partial charge in [-0.1, -0.05) is 53.7 Å². The quantitative estimate of drug-likeness (QED) is 0.507. The van der Waals surface area contributed by atoms with Crippen molar-refractivity contribution >= 4 is 35.0 Å². The average Bonchev–Trinajstić information content (AvgIpc) is 3.13. The minimum absolute atomic E-state index is 0.160. The minimum Gasteiger partial charge on any atom is -0.495 e. The number of ether oxygens (including phenoxy) is 1. The molecule has 3 aromatic rings. The summed E-state index contributed by atoms with van der Waals surface area (Å²) in [6, 6.07) is 15.4. The summed E-state index contributed by atoms with van der Waals surface area (Å²) in [5.41, 5.74) is 1.81. The van der Waals surface area contributed by atoms with E-state index in [4.69, 9.17) is 16.3 Å². The topological polar surface area (TPSA) is 69.0 Å². The molecule has 0 aliphatic carbocycles. The van der Waals surface area contributed by atoms with E-state index in [1.54, 1.807) is 25.3 Å². The lowest BCUT2D eigenvalue weighted by molar-refractivity contribution is -0.113. The number of aryl methyl sites for hydroxylation is 2. The van der Waals surface area contributed by atoms with Crippen LogP contribution in [0.5, 0.6) is 5.75 Å². The second-order valence-electron chi connectivity index (χ2n) is 6.31. The van der Waals surface area contributed by atoms with E-state index in [0.717, 1.165) is 30.4 Å². The molecule has 0 fully saturated rings. The zero-order valence-electron chi connectivity index (χ0n) is 16.4. The summed E-state index contributed by atoms with van der Waals surface area (Å²) in [6.07, 6.45) is 1.70. The van der Waals surface area contributed by atoms with Crippen LogP contribution in [0.1, 0.15) is 18.3 Å². The molecule has 0 spiro atoms. The molecule has 2 aromatic carbocycles. The molecule has 1 heterocycles. The Morgan fingerprint density at radius 2 is 1.97 bits per heavy atom. The first-order valence-corrected chi connectivity index (χ1v) is 10.7. The standard InChI is InChI=1S/C21H23ClN4O2S/c1-3-26-19(12-9-15-7-5-4-6-8-15)24-25-21(26)29-14-20(27)23-17-13-16(22)10-11-18(17)28-2/h4-8,10-11,13H,3,9,12,14H2,1-2H3,(H,23,27). The lowest BCUT2D eigenvalue weighted by Gasteiger charge is -2.11. The highest BCUT2D eigenvalue weighted by Gasteiger charge is 2.14. The van der Waals surface area contributed by atoms with Crippen molar-refractivity contribution in [1.29, 1.82) is 0 Å². The molecule has 1 amide bonds. The Bertz CT molecular complexity index is 963. The minimum atomic E-state index is -0.160. The van der Waals surface area contributed by atoms with Gasteiger partial charge in [0.05, 0.1) is 18.6 Å². The van der Waals surface area contributed by atoms with Gasteiger partial charge in [0.25, 0.3) is 0 Å². The molecule has 1 N–H and O–H groups in total. The molecule has 8 heteroatoms. The third-order valence-electron chi connectivity index (χ3n) is 4.36. The molecule has 3 rings (SSSR count). The molecule has 0 unspecified atom stereocenters. The molecule has 1 aromatic heterocycles. The molecular formula is C21H23ClN4O2S. The van der Waals surface area contributed by atoms with Crippen LogP contribution in [-0.2, 0) is 24.2 Å². The molecule has 0 saturated heterocycles. The predicted octanol–water partition coefficient (Wildman–Crippen LogP) is 4.48. The molecule has 0 aliphatic heterocycles. The zero-order valence-corrected chi connectivity index (χ0v) is 18.0. The predicted molar refractivity (Wildman–Crippen MR) is 117 cm³/mol. The number of thioether (sulfide) groups is 1. The molecule has 0 saturated carbocycles. The first kappa shape index (κ1) is 21.2. The van der Waals surface area contributed by atoms with Gasteiger partial charge in [-0.15, -0.1) is 10.2 Å². The van der Waals surface area contributed by atoms with Gasteiger partial charge in [0, 0.05) is 18.0 Å². The highest BCUT2D eigenvalue weighted by Crippen LogP contribution is 2.28. The van der Waals surface area contributed by atoms with Crippen molar-refractivity contribution in [1.82, 2.24) is 14.8 Å². The van der Waals surface area contributed by atoms with E-state index in [2.05, 4.69) is 39.1 Å². The van der Waals surface area contributed by atoms with Crippen molar-refractivity contribution in [3.63, 3.8) is 0 Å². The summed E-state index contributed by atoms with van der Waals surface area (Å²) in [6.45, 7) is 2.81. The van der Waals surface area contributed by atoms with Crippen LogP contribution in [0.15, 0.2) is 53.7 Å². The Balaban J connectivity index is 1.60. The first-order valence-electron chi connectivity index (χ1n) is 9.33. The number of aromatic nitrogens is 3. The normalized spacial score (nSPS) is 10.7. The molecule has 29 heavy (non-hydrogen) atoms. The maximum atomic E-state index is 12.4. The Hall–Kier alpha value is -2.51. The molecule has 6 nitrogen and oxygen atoms in total. The number of carbonyl (C=O) groups excluding carboxylic acids is 1. The van der Waals surface area contributed by atoms with Crippen molar-refractivity contribution in [3.8, 4) is 5.75 Å². The Morgan fingerprint density at radius 3 is 2.69 bits per heavy atom. The fraction of sp³-hybridized carbons (Fsp3) is 0.286. The monoisotopic (exact) mass is 430 g/mol. The summed E-state index contributed by atoms with van der Waals surface area (Å²) in [5, 5.41) is 12.7. The summed E-state index contributed by atoms with van der Waals surface area (Å²) in [5.74, 6) is 1.54. The van der Waals surface area contributed by atoms with Crippen LogP contribution in [0.4, 0.5) is 5.69 Å². The van der Waals surface area contributed by atoms with E-state index in [0.29, 0.717) is 16.5 Å². The second kappa shape index (κ2) is 10.3. The number of amides is 1. The number of benzene rings is 2. The third-order valence-corrected chi connectivity index (χ3v) is 5.56. The van der Waals surface area contributed by atoms with Crippen molar-refractivity contribution in [2.24, 2.45) is 0 Å². The van der Waals surface area contributed by atoms with E-state index in [-0.39, 0.29) is 11.7 Å². The fourth-order valence-electron chi connectivity index (χ4n) is 2.92. The number of halogens is 1. The number of nitrogens with one attached hydrogen (secondary N) is 1. The SMILES string of the molecule is CCn1c(CCc2ccccc2)nnc1SCC(=O)Nc1cc(Cl)ccc1OC. The number of anilines is 1. The van der Waals surface area contributed by atoms with Crippen molar-refractivity contribution in [2.45, 2.75) is 31.5 Å². The van der Waals surface area contributed by atoms with Crippen LogP contribution in [0, 0.1) is 0 Å². The van der Waals surface area contributed by atoms with Crippen molar-refractivity contribution < 1.29 is 9.53 Å². The zero-order chi connectivity index (χ0) is 20.6. The van der Waals surface area contributed by atoms with Crippen LogP contribution in [0.2, 0.25) is 5.02 Å². The van der Waals surface area contributed by atoms with Crippen LogP contribution in [0.25, 0.3) is 0 Å². The number of hydrogen-bond donors (Lipinski definition) is 1. The summed E-state index contributed by atoms with van der Waals surface area (Å²) in [4.78, 5) is 12.4. The van der Waals surface area contributed by atoms with E-state index in [1.165, 1.54) is 17.3 Å². The lowest BCUT2D eigenvalue weighted by Crippen LogP contribution is -2.15. The van der Waals surface area contributed by atoms with E-state index >= 15 is 0 Å². The maximum Gasteiger partial charge on any atom is 0.234 e. The van der Waals surface area contributed by atoms with Gasteiger partial charge in [0.1, 0.15) is 11.6 Å². The molecule has 0 bridgehead atoms. The number of hydrogen-bond acceptors (Lipinski definition) is 5. The lowest BCUT2D eigenvalue weighted by atomic mass is 10.1. The number of methoxy groups -OCH3 is 1. The molecule has 0 atom stereocenters. The third kappa shape index (κ3) is 5.74. The van der Waals surface area contributed by atoms with Gasteiger partial charge in [-0.25, -0.2) is 0 Å². The van der Waals surface area contributed by atoms with E-state index < -0.39 is 0 Å². The van der Waals surface area contributed by atoms with Gasteiger partial charge in [0.15, 0.2) is 5.16 Å².